The van der Waals surface area contributed by atoms with Crippen LogP contribution in [-0.2, 0) is 5.41 Å². The lowest BCUT2D eigenvalue weighted by molar-refractivity contribution is 0.654. The van der Waals surface area contributed by atoms with Gasteiger partial charge in [0, 0.05) is 87.3 Å². The zero-order valence-electron chi connectivity index (χ0n) is 40.0. The van der Waals surface area contributed by atoms with Gasteiger partial charge in [0.1, 0.15) is 0 Å². The third-order valence-corrected chi connectivity index (χ3v) is 16.1. The summed E-state index contributed by atoms with van der Waals surface area (Å²) in [5.41, 5.74) is 23.2. The number of para-hydroxylation sites is 8. The summed E-state index contributed by atoms with van der Waals surface area (Å²) in [4.78, 5) is 15.7. The van der Waals surface area contributed by atoms with Crippen LogP contribution in [-0.4, -0.2) is 19.9 Å². The molecule has 0 bridgehead atoms. The highest BCUT2D eigenvalue weighted by atomic mass is 14.7. The van der Waals surface area contributed by atoms with E-state index in [1.54, 1.807) is 0 Å². The summed E-state index contributed by atoms with van der Waals surface area (Å²) in [5, 5.41) is 9.83. The van der Waals surface area contributed by atoms with E-state index in [2.05, 4.69) is 252 Å². The Balaban J connectivity index is 1.09. The number of aryl methyl sites for hydroxylation is 1. The van der Waals surface area contributed by atoms with Gasteiger partial charge < -0.3 is 19.9 Å². The fraction of sp³-hybridized carbons (Fsp3) is 0.0588. The van der Waals surface area contributed by atoms with Crippen molar-refractivity contribution >= 4 is 87.2 Å². The van der Waals surface area contributed by atoms with Crippen molar-refractivity contribution in [3.8, 4) is 44.5 Å². The largest absolute Gasteiger partial charge is 0.354 e. The van der Waals surface area contributed by atoms with Crippen LogP contribution in [0.25, 0.3) is 132 Å². The van der Waals surface area contributed by atoms with E-state index in [0.29, 0.717) is 0 Å². The average Bonchev–Trinajstić information content (AvgIpc) is 4.22. The Hall–Kier alpha value is -9.12. The van der Waals surface area contributed by atoms with Gasteiger partial charge in [-0.15, -0.1) is 0 Å². The molecule has 10 aromatic carbocycles. The Morgan fingerprint density at radius 1 is 0.347 bits per heavy atom. The fourth-order valence-electron chi connectivity index (χ4n) is 12.8. The molecular weight excluding hydrogens is 873 g/mol. The van der Waals surface area contributed by atoms with Gasteiger partial charge >= 0.3 is 0 Å². The molecule has 72 heavy (non-hydrogen) atoms. The van der Waals surface area contributed by atoms with Crippen molar-refractivity contribution < 1.29 is 0 Å². The van der Waals surface area contributed by atoms with E-state index in [0.717, 1.165) is 39.5 Å². The Bertz CT molecular complexity index is 4640. The van der Waals surface area contributed by atoms with Gasteiger partial charge in [-0.05, 0) is 101 Å². The number of aromatic amines is 4. The Morgan fingerprint density at radius 2 is 0.806 bits per heavy atom. The van der Waals surface area contributed by atoms with Gasteiger partial charge in [0.25, 0.3) is 0 Å². The molecular formula is C68H48N4. The quantitative estimate of drug-likeness (QED) is 0.128. The second kappa shape index (κ2) is 15.4. The summed E-state index contributed by atoms with van der Waals surface area (Å²) < 4.78 is 0. The van der Waals surface area contributed by atoms with Crippen molar-refractivity contribution in [2.24, 2.45) is 0 Å². The summed E-state index contributed by atoms with van der Waals surface area (Å²) in [6.45, 7) is 4.66. The van der Waals surface area contributed by atoms with E-state index in [9.17, 15) is 0 Å². The number of aromatic nitrogens is 4. The van der Waals surface area contributed by atoms with Crippen LogP contribution in [0.15, 0.2) is 218 Å². The van der Waals surface area contributed by atoms with Crippen LogP contribution in [0.1, 0.15) is 28.7 Å². The van der Waals surface area contributed by atoms with Crippen LogP contribution in [0.5, 0.6) is 0 Å². The topological polar surface area (TPSA) is 63.2 Å². The van der Waals surface area contributed by atoms with Crippen LogP contribution >= 0.6 is 0 Å². The van der Waals surface area contributed by atoms with Gasteiger partial charge in [0.05, 0.1) is 22.1 Å². The van der Waals surface area contributed by atoms with Gasteiger partial charge in [-0.2, -0.15) is 0 Å². The zero-order chi connectivity index (χ0) is 47.7. The average molecular weight is 921 g/mol. The first kappa shape index (κ1) is 40.7. The lowest BCUT2D eigenvalue weighted by Crippen LogP contribution is -2.28. The standard InChI is InChI=1S/C68H48N4/c1-40-38-42(44-22-14-23-49-45-18-4-8-30-58(45)69-64(44)49)34-35-43(40)55-39-57(68(36-12-3-13-37-68)56-29-17-26-52-48-21-7-11-33-61(48)72-67(52)56)63(54-28-16-25-51-47-20-6-10-32-60(47)71-66(51)54)62(41(55)2)53-27-15-24-50-46-19-5-9-31-59(46)70-65(50)53/h3-36,38-39,69-72H,37H2,1-2H3. The third-order valence-electron chi connectivity index (χ3n) is 16.1. The first-order valence-corrected chi connectivity index (χ1v) is 25.2. The van der Waals surface area contributed by atoms with Crippen LogP contribution in [0.3, 0.4) is 0 Å². The smallest absolute Gasteiger partial charge is 0.0544 e. The monoisotopic (exact) mass is 920 g/mol. The molecule has 4 heteroatoms. The van der Waals surface area contributed by atoms with Gasteiger partial charge in [-0.3, -0.25) is 0 Å². The third kappa shape index (κ3) is 5.81. The highest BCUT2D eigenvalue weighted by Gasteiger charge is 2.39. The first-order valence-electron chi connectivity index (χ1n) is 25.2. The highest BCUT2D eigenvalue weighted by molar-refractivity contribution is 6.18. The second-order valence-electron chi connectivity index (χ2n) is 19.9. The van der Waals surface area contributed by atoms with Crippen molar-refractivity contribution in [2.75, 3.05) is 0 Å². The van der Waals surface area contributed by atoms with Crippen molar-refractivity contribution in [3.63, 3.8) is 0 Å². The molecule has 0 saturated heterocycles. The number of rotatable bonds is 6. The van der Waals surface area contributed by atoms with Crippen molar-refractivity contribution in [3.05, 3.63) is 241 Å². The van der Waals surface area contributed by atoms with Crippen LogP contribution < -0.4 is 0 Å². The van der Waals surface area contributed by atoms with E-state index in [1.165, 1.54) is 121 Å². The predicted molar refractivity (Wildman–Crippen MR) is 305 cm³/mol. The summed E-state index contributed by atoms with van der Waals surface area (Å²) >= 11 is 0. The minimum atomic E-state index is -0.594. The molecule has 1 atom stereocenters. The number of allylic oxidation sites excluding steroid dienone is 4. The number of H-pyrrole nitrogens is 4. The van der Waals surface area contributed by atoms with Crippen molar-refractivity contribution in [2.45, 2.75) is 25.7 Å². The molecule has 340 valence electrons. The maximum absolute atomic E-state index is 3.98. The van der Waals surface area contributed by atoms with Gasteiger partial charge in [0.15, 0.2) is 0 Å². The molecule has 4 aromatic heterocycles. The number of hydrogen-bond acceptors (Lipinski definition) is 0. The molecule has 14 aromatic rings. The van der Waals surface area contributed by atoms with E-state index in [-0.39, 0.29) is 0 Å². The molecule has 0 saturated carbocycles. The van der Waals surface area contributed by atoms with E-state index < -0.39 is 5.41 Å². The molecule has 0 fully saturated rings. The fourth-order valence-corrected chi connectivity index (χ4v) is 12.8. The molecule has 4 N–H and O–H groups in total. The van der Waals surface area contributed by atoms with Gasteiger partial charge in [-0.1, -0.05) is 188 Å². The molecule has 1 aliphatic rings. The van der Waals surface area contributed by atoms with Crippen molar-refractivity contribution in [1.29, 1.82) is 0 Å². The van der Waals surface area contributed by atoms with E-state index in [1.807, 2.05) is 0 Å². The maximum atomic E-state index is 3.98. The van der Waals surface area contributed by atoms with E-state index >= 15 is 0 Å². The summed E-state index contributed by atoms with van der Waals surface area (Å²) in [6, 6.07) is 71.9. The molecule has 1 unspecified atom stereocenters. The van der Waals surface area contributed by atoms with E-state index in [4.69, 9.17) is 0 Å². The second-order valence-corrected chi connectivity index (χ2v) is 19.9. The molecule has 15 rings (SSSR count). The highest BCUT2D eigenvalue weighted by Crippen LogP contribution is 2.54. The minimum absolute atomic E-state index is 0.594. The molecule has 4 heterocycles. The SMILES string of the molecule is Cc1cc(-c2cccc3c2[nH]c2ccccc23)ccc1-c1cc(C2(c3cccc4c3[nH]c3ccccc34)C=CC=CC2)c(-c2cccc3c2[nH]c2ccccc23)c(-c2cccc3c2[nH]c2ccccc23)c1C. The molecule has 1 aliphatic carbocycles. The van der Waals surface area contributed by atoms with Gasteiger partial charge in [0.2, 0.25) is 0 Å². The number of hydrogen-bond donors (Lipinski definition) is 4. The molecule has 0 aliphatic heterocycles. The Labute approximate surface area is 416 Å². The predicted octanol–water partition coefficient (Wildman–Crippen LogP) is 18.3. The Morgan fingerprint density at radius 3 is 1.33 bits per heavy atom. The summed E-state index contributed by atoms with van der Waals surface area (Å²) in [5.74, 6) is 0. The van der Waals surface area contributed by atoms with Gasteiger partial charge in [-0.25, -0.2) is 0 Å². The molecule has 0 radical (unpaired) electrons. The minimum Gasteiger partial charge on any atom is -0.354 e. The number of benzene rings is 10. The zero-order valence-corrected chi connectivity index (χ0v) is 40.0. The lowest BCUT2D eigenvalue weighted by atomic mass is 9.65. The first-order chi connectivity index (χ1) is 35.5. The van der Waals surface area contributed by atoms with Crippen LogP contribution in [0.4, 0.5) is 0 Å². The van der Waals surface area contributed by atoms with Crippen LogP contribution in [0.2, 0.25) is 0 Å². The molecule has 4 nitrogen and oxygen atoms in total. The molecule has 0 amide bonds. The lowest BCUT2D eigenvalue weighted by Gasteiger charge is -2.37. The number of fused-ring (bicyclic) bond motifs is 12. The number of nitrogens with one attached hydrogen (secondary N) is 4. The maximum Gasteiger partial charge on any atom is 0.0544 e. The van der Waals surface area contributed by atoms with Crippen molar-refractivity contribution in [1.82, 2.24) is 19.9 Å². The normalized spacial score (nSPS) is 15.0. The van der Waals surface area contributed by atoms with Crippen LogP contribution in [0, 0.1) is 13.8 Å². The summed E-state index contributed by atoms with van der Waals surface area (Å²) in [7, 11) is 0. The Kier molecular flexibility index (Phi) is 8.74. The summed E-state index contributed by atoms with van der Waals surface area (Å²) in [6.07, 6.45) is 10.1. The molecule has 0 spiro atoms.